The number of rotatable bonds is 5. The zero-order valence-corrected chi connectivity index (χ0v) is 14.5. The van der Waals surface area contributed by atoms with Gasteiger partial charge in [0.1, 0.15) is 5.69 Å². The Morgan fingerprint density at radius 1 is 1.23 bits per heavy atom. The second kappa shape index (κ2) is 6.93. The molecule has 26 heavy (non-hydrogen) atoms. The van der Waals surface area contributed by atoms with Gasteiger partial charge in [0.15, 0.2) is 4.96 Å². The van der Waals surface area contributed by atoms with Crippen LogP contribution in [-0.4, -0.2) is 31.6 Å². The van der Waals surface area contributed by atoms with Crippen LogP contribution in [0.2, 0.25) is 0 Å². The van der Waals surface area contributed by atoms with Gasteiger partial charge in [0.2, 0.25) is 0 Å². The molecule has 0 saturated carbocycles. The molecular formula is C18H15N5O2S. The molecule has 1 N–H and O–H groups in total. The molecule has 0 atom stereocenters. The molecular weight excluding hydrogens is 350 g/mol. The third-order valence-electron chi connectivity index (χ3n) is 3.90. The standard InChI is InChI=1S/C18H15N5O2S/c24-16-10-15(22-8-9-26-18(22)21-16)17(25)19-7-6-13-11-20-23(12-13)14-4-2-1-3-5-14/h1-5,8-12H,6-7H2,(H,19,25). The predicted octanol–water partition coefficient (Wildman–Crippen LogP) is 1.91. The van der Waals surface area contributed by atoms with E-state index >= 15 is 0 Å². The van der Waals surface area contributed by atoms with Gasteiger partial charge in [-0.2, -0.15) is 10.1 Å². The van der Waals surface area contributed by atoms with Crippen LogP contribution in [0.15, 0.2) is 65.2 Å². The van der Waals surface area contributed by atoms with E-state index in [2.05, 4.69) is 15.4 Å². The number of carbonyl (C=O) groups is 1. The van der Waals surface area contributed by atoms with Gasteiger partial charge in [-0.25, -0.2) is 4.68 Å². The first kappa shape index (κ1) is 16.2. The van der Waals surface area contributed by atoms with Crippen molar-refractivity contribution in [3.8, 4) is 5.69 Å². The third-order valence-corrected chi connectivity index (χ3v) is 4.66. The number of thiazole rings is 1. The quantitative estimate of drug-likeness (QED) is 0.586. The smallest absolute Gasteiger partial charge is 0.274 e. The molecule has 3 heterocycles. The summed E-state index contributed by atoms with van der Waals surface area (Å²) in [6.45, 7) is 0.446. The highest BCUT2D eigenvalue weighted by Gasteiger charge is 2.12. The van der Waals surface area contributed by atoms with Gasteiger partial charge in [-0.15, -0.1) is 11.3 Å². The molecule has 130 valence electrons. The van der Waals surface area contributed by atoms with Crippen molar-refractivity contribution in [2.45, 2.75) is 6.42 Å². The lowest BCUT2D eigenvalue weighted by Crippen LogP contribution is -2.29. The molecule has 4 aromatic rings. The Bertz CT molecular complexity index is 1110. The highest BCUT2D eigenvalue weighted by atomic mass is 32.1. The Hall–Kier alpha value is -3.26. The maximum atomic E-state index is 12.4. The van der Waals surface area contributed by atoms with Crippen molar-refractivity contribution in [3.63, 3.8) is 0 Å². The molecule has 0 aliphatic carbocycles. The number of aromatic nitrogens is 4. The van der Waals surface area contributed by atoms with Gasteiger partial charge in [-0.05, 0) is 24.1 Å². The minimum Gasteiger partial charge on any atom is -0.350 e. The number of para-hydroxylation sites is 1. The summed E-state index contributed by atoms with van der Waals surface area (Å²) in [4.78, 5) is 28.4. The van der Waals surface area contributed by atoms with Crippen LogP contribution in [0, 0.1) is 0 Å². The van der Waals surface area contributed by atoms with Crippen LogP contribution < -0.4 is 10.9 Å². The molecule has 1 amide bonds. The summed E-state index contributed by atoms with van der Waals surface area (Å²) in [6, 6.07) is 11.1. The lowest BCUT2D eigenvalue weighted by Gasteiger charge is -2.06. The fourth-order valence-electron chi connectivity index (χ4n) is 2.65. The zero-order valence-electron chi connectivity index (χ0n) is 13.7. The van der Waals surface area contributed by atoms with E-state index < -0.39 is 5.56 Å². The topological polar surface area (TPSA) is 81.3 Å². The molecule has 0 bridgehead atoms. The van der Waals surface area contributed by atoms with E-state index in [0.717, 1.165) is 11.3 Å². The van der Waals surface area contributed by atoms with Gasteiger partial charge in [-0.3, -0.25) is 14.0 Å². The first-order chi connectivity index (χ1) is 12.7. The Balaban J connectivity index is 1.42. The zero-order chi connectivity index (χ0) is 17.9. The Morgan fingerprint density at radius 3 is 2.92 bits per heavy atom. The first-order valence-electron chi connectivity index (χ1n) is 8.05. The van der Waals surface area contributed by atoms with Crippen molar-refractivity contribution in [1.29, 1.82) is 0 Å². The molecule has 0 unspecified atom stereocenters. The summed E-state index contributed by atoms with van der Waals surface area (Å²) in [5, 5.41) is 8.97. The van der Waals surface area contributed by atoms with E-state index in [9.17, 15) is 9.59 Å². The molecule has 1 aromatic carbocycles. The van der Waals surface area contributed by atoms with Crippen molar-refractivity contribution < 1.29 is 4.79 Å². The molecule has 0 spiro atoms. The van der Waals surface area contributed by atoms with E-state index in [1.54, 1.807) is 26.9 Å². The van der Waals surface area contributed by atoms with Gasteiger partial charge >= 0.3 is 0 Å². The third kappa shape index (κ3) is 3.27. The lowest BCUT2D eigenvalue weighted by atomic mass is 10.2. The van der Waals surface area contributed by atoms with E-state index in [1.165, 1.54) is 17.4 Å². The molecule has 7 nitrogen and oxygen atoms in total. The minimum absolute atomic E-state index is 0.293. The van der Waals surface area contributed by atoms with Crippen LogP contribution in [0.5, 0.6) is 0 Å². The fourth-order valence-corrected chi connectivity index (χ4v) is 3.37. The molecule has 0 saturated heterocycles. The summed E-state index contributed by atoms with van der Waals surface area (Å²) < 4.78 is 3.42. The summed E-state index contributed by atoms with van der Waals surface area (Å²) in [7, 11) is 0. The molecule has 0 radical (unpaired) electrons. The number of nitrogens with zero attached hydrogens (tertiary/aromatic N) is 4. The van der Waals surface area contributed by atoms with Crippen LogP contribution >= 0.6 is 11.3 Å². The molecule has 0 aliphatic rings. The number of hydrogen-bond donors (Lipinski definition) is 1. The molecule has 0 fully saturated rings. The van der Waals surface area contributed by atoms with Crippen LogP contribution in [0.4, 0.5) is 0 Å². The van der Waals surface area contributed by atoms with E-state index in [4.69, 9.17) is 0 Å². The van der Waals surface area contributed by atoms with Crippen LogP contribution in [0.3, 0.4) is 0 Å². The minimum atomic E-state index is -0.415. The first-order valence-corrected chi connectivity index (χ1v) is 8.93. The predicted molar refractivity (Wildman–Crippen MR) is 98.9 cm³/mol. The summed E-state index contributed by atoms with van der Waals surface area (Å²) in [5.41, 5.74) is 1.88. The van der Waals surface area contributed by atoms with Gasteiger partial charge in [0, 0.05) is 30.4 Å². The van der Waals surface area contributed by atoms with Crippen molar-refractivity contribution in [2.75, 3.05) is 6.54 Å². The highest BCUT2D eigenvalue weighted by Crippen LogP contribution is 2.10. The van der Waals surface area contributed by atoms with E-state index in [0.29, 0.717) is 23.6 Å². The van der Waals surface area contributed by atoms with Crippen molar-refractivity contribution in [1.82, 2.24) is 24.5 Å². The summed E-state index contributed by atoms with van der Waals surface area (Å²) in [5.74, 6) is -0.298. The van der Waals surface area contributed by atoms with Crippen molar-refractivity contribution in [2.24, 2.45) is 0 Å². The van der Waals surface area contributed by atoms with Crippen molar-refractivity contribution in [3.05, 3.63) is 82.0 Å². The Morgan fingerprint density at radius 2 is 2.08 bits per heavy atom. The number of amides is 1. The molecule has 0 aliphatic heterocycles. The van der Waals surface area contributed by atoms with Crippen LogP contribution in [0.1, 0.15) is 16.1 Å². The molecule has 8 heteroatoms. The monoisotopic (exact) mass is 365 g/mol. The number of carbonyl (C=O) groups excluding carboxylic acids is 1. The van der Waals surface area contributed by atoms with E-state index in [-0.39, 0.29) is 5.91 Å². The number of hydrogen-bond acceptors (Lipinski definition) is 5. The number of fused-ring (bicyclic) bond motifs is 1. The largest absolute Gasteiger partial charge is 0.350 e. The Kier molecular flexibility index (Phi) is 4.32. The van der Waals surface area contributed by atoms with Crippen molar-refractivity contribution >= 4 is 22.2 Å². The van der Waals surface area contributed by atoms with Gasteiger partial charge in [0.05, 0.1) is 11.9 Å². The molecule has 4 rings (SSSR count). The van der Waals surface area contributed by atoms with Gasteiger partial charge < -0.3 is 5.32 Å². The second-order valence-corrected chi connectivity index (χ2v) is 6.54. The maximum absolute atomic E-state index is 12.4. The summed E-state index contributed by atoms with van der Waals surface area (Å²) >= 11 is 1.32. The normalized spacial score (nSPS) is 10.9. The Labute approximate surface area is 152 Å². The average Bonchev–Trinajstić information content (AvgIpc) is 3.31. The second-order valence-electron chi connectivity index (χ2n) is 5.67. The van der Waals surface area contributed by atoms with Crippen LogP contribution in [-0.2, 0) is 6.42 Å². The van der Waals surface area contributed by atoms with E-state index in [1.807, 2.05) is 36.5 Å². The van der Waals surface area contributed by atoms with Crippen LogP contribution in [0.25, 0.3) is 10.6 Å². The highest BCUT2D eigenvalue weighted by molar-refractivity contribution is 7.15. The van der Waals surface area contributed by atoms with Gasteiger partial charge in [0.25, 0.3) is 11.5 Å². The number of nitrogens with one attached hydrogen (secondary N) is 1. The lowest BCUT2D eigenvalue weighted by molar-refractivity contribution is 0.0947. The van der Waals surface area contributed by atoms with Gasteiger partial charge in [-0.1, -0.05) is 18.2 Å². The average molecular weight is 365 g/mol. The number of benzene rings is 1. The maximum Gasteiger partial charge on any atom is 0.274 e. The summed E-state index contributed by atoms with van der Waals surface area (Å²) in [6.07, 6.45) is 6.10. The fraction of sp³-hybridized carbons (Fsp3) is 0.111. The SMILES string of the molecule is O=C(NCCc1cnn(-c2ccccc2)c1)c1cc(=O)nc2sccn12. The molecule has 3 aromatic heterocycles.